The summed E-state index contributed by atoms with van der Waals surface area (Å²) in [6.07, 6.45) is 0.849. The Kier molecular flexibility index (Phi) is 4.58. The largest absolute Gasteiger partial charge is 0.378 e. The van der Waals surface area contributed by atoms with Gasteiger partial charge in [0.2, 0.25) is 5.91 Å². The first-order valence-electron chi connectivity index (χ1n) is 4.92. The zero-order valence-corrected chi connectivity index (χ0v) is 10.6. The van der Waals surface area contributed by atoms with Crippen LogP contribution >= 0.6 is 12.4 Å². The molecule has 0 aromatic heterocycles. The Balaban J connectivity index is 0.00000196. The van der Waals surface area contributed by atoms with Crippen molar-refractivity contribution < 1.29 is 9.53 Å². The van der Waals surface area contributed by atoms with E-state index in [2.05, 4.69) is 26.1 Å². The fourth-order valence-corrected chi connectivity index (χ4v) is 1.98. The molecular formula is C10H21ClN2O2. The Hall–Kier alpha value is -0.320. The van der Waals surface area contributed by atoms with Crippen LogP contribution in [0.5, 0.6) is 0 Å². The molecule has 0 aromatic carbocycles. The van der Waals surface area contributed by atoms with Gasteiger partial charge in [-0.05, 0) is 13.3 Å². The second kappa shape index (κ2) is 4.68. The van der Waals surface area contributed by atoms with Gasteiger partial charge >= 0.3 is 0 Å². The third kappa shape index (κ3) is 2.27. The number of carbonyl (C=O) groups excluding carboxylic acids is 1. The van der Waals surface area contributed by atoms with Gasteiger partial charge < -0.3 is 15.8 Å². The van der Waals surface area contributed by atoms with E-state index in [0.717, 1.165) is 6.42 Å². The maximum atomic E-state index is 11.1. The van der Waals surface area contributed by atoms with Gasteiger partial charge in [0.25, 0.3) is 0 Å². The van der Waals surface area contributed by atoms with E-state index in [0.29, 0.717) is 0 Å². The lowest BCUT2D eigenvalue weighted by atomic mass is 9.56. The van der Waals surface area contributed by atoms with Gasteiger partial charge in [-0.25, -0.2) is 0 Å². The van der Waals surface area contributed by atoms with E-state index in [1.54, 1.807) is 7.11 Å². The number of hydrogen-bond acceptors (Lipinski definition) is 3. The predicted molar refractivity (Wildman–Crippen MR) is 62.0 cm³/mol. The normalized spacial score (nSPS) is 32.5. The number of nitrogens with one attached hydrogen (secondary N) is 1. The Morgan fingerprint density at radius 3 is 2.40 bits per heavy atom. The highest BCUT2D eigenvalue weighted by Crippen LogP contribution is 2.51. The third-order valence-electron chi connectivity index (χ3n) is 3.80. The smallest absolute Gasteiger partial charge is 0.233 e. The standard InChI is InChI=1S/C10H20N2O2.ClH/c1-9(2)7(12-8(13)6-11)5-10(9,3)14-4;/h7H,5-6,11H2,1-4H3,(H,12,13);1H. The van der Waals surface area contributed by atoms with Crippen molar-refractivity contribution in [2.24, 2.45) is 11.1 Å². The number of hydrogen-bond donors (Lipinski definition) is 2. The van der Waals surface area contributed by atoms with Crippen LogP contribution in [0.1, 0.15) is 27.2 Å². The number of amides is 1. The van der Waals surface area contributed by atoms with Gasteiger partial charge in [0, 0.05) is 18.6 Å². The van der Waals surface area contributed by atoms with Crippen LogP contribution in [0.15, 0.2) is 0 Å². The van der Waals surface area contributed by atoms with Gasteiger partial charge in [0.1, 0.15) is 0 Å². The van der Waals surface area contributed by atoms with E-state index >= 15 is 0 Å². The summed E-state index contributed by atoms with van der Waals surface area (Å²) >= 11 is 0. The topological polar surface area (TPSA) is 64.3 Å². The highest BCUT2D eigenvalue weighted by atomic mass is 35.5. The van der Waals surface area contributed by atoms with Crippen molar-refractivity contribution in [2.75, 3.05) is 13.7 Å². The lowest BCUT2D eigenvalue weighted by Crippen LogP contribution is -2.69. The molecule has 1 fully saturated rings. The number of methoxy groups -OCH3 is 1. The van der Waals surface area contributed by atoms with Crippen molar-refractivity contribution in [2.45, 2.75) is 38.8 Å². The SMILES string of the molecule is COC1(C)CC(NC(=O)CN)C1(C)C.Cl. The molecule has 1 saturated carbocycles. The summed E-state index contributed by atoms with van der Waals surface area (Å²) < 4.78 is 5.45. The first kappa shape index (κ1) is 14.7. The maximum Gasteiger partial charge on any atom is 0.233 e. The Morgan fingerprint density at radius 2 is 2.07 bits per heavy atom. The van der Waals surface area contributed by atoms with Crippen molar-refractivity contribution in [3.8, 4) is 0 Å². The molecule has 1 aliphatic carbocycles. The summed E-state index contributed by atoms with van der Waals surface area (Å²) in [5, 5.41) is 2.90. The van der Waals surface area contributed by atoms with E-state index in [-0.39, 0.29) is 41.9 Å². The third-order valence-corrected chi connectivity index (χ3v) is 3.80. The van der Waals surface area contributed by atoms with Crippen LogP contribution in [-0.4, -0.2) is 31.2 Å². The minimum absolute atomic E-state index is 0. The molecule has 90 valence electrons. The molecule has 2 unspecified atom stereocenters. The molecule has 15 heavy (non-hydrogen) atoms. The number of nitrogens with two attached hydrogens (primary N) is 1. The maximum absolute atomic E-state index is 11.1. The zero-order chi connectivity index (χ0) is 11.0. The van der Waals surface area contributed by atoms with Crippen LogP contribution in [0.2, 0.25) is 0 Å². The molecule has 3 N–H and O–H groups in total. The fraction of sp³-hybridized carbons (Fsp3) is 0.900. The average Bonchev–Trinajstić information content (AvgIpc) is 2.16. The second-order valence-electron chi connectivity index (χ2n) is 4.69. The Morgan fingerprint density at radius 1 is 1.53 bits per heavy atom. The van der Waals surface area contributed by atoms with Gasteiger partial charge in [-0.2, -0.15) is 0 Å². The molecule has 0 spiro atoms. The van der Waals surface area contributed by atoms with Gasteiger partial charge in [-0.3, -0.25) is 4.79 Å². The summed E-state index contributed by atoms with van der Waals surface area (Å²) in [5.74, 6) is -0.0961. The van der Waals surface area contributed by atoms with Gasteiger partial charge in [-0.1, -0.05) is 13.8 Å². The van der Waals surface area contributed by atoms with Crippen LogP contribution in [0.3, 0.4) is 0 Å². The Labute approximate surface area is 97.3 Å². The molecule has 0 heterocycles. The summed E-state index contributed by atoms with van der Waals surface area (Å²) in [6, 6.07) is 0.170. The quantitative estimate of drug-likeness (QED) is 0.758. The second-order valence-corrected chi connectivity index (χ2v) is 4.69. The first-order chi connectivity index (χ1) is 6.37. The molecule has 0 radical (unpaired) electrons. The molecule has 5 heteroatoms. The van der Waals surface area contributed by atoms with E-state index in [9.17, 15) is 4.79 Å². The lowest BCUT2D eigenvalue weighted by molar-refractivity contribution is -0.182. The van der Waals surface area contributed by atoms with E-state index in [1.807, 2.05) is 0 Å². The first-order valence-corrected chi connectivity index (χ1v) is 4.92. The number of ether oxygens (including phenoxy) is 1. The van der Waals surface area contributed by atoms with Crippen LogP contribution in [0.25, 0.3) is 0 Å². The van der Waals surface area contributed by atoms with Crippen LogP contribution in [0.4, 0.5) is 0 Å². The summed E-state index contributed by atoms with van der Waals surface area (Å²) in [6.45, 7) is 6.32. The number of rotatable bonds is 3. The molecule has 1 aliphatic rings. The molecule has 2 atom stereocenters. The van der Waals surface area contributed by atoms with Crippen LogP contribution < -0.4 is 11.1 Å². The van der Waals surface area contributed by atoms with Gasteiger partial charge in [0.05, 0.1) is 12.1 Å². The molecule has 0 aromatic rings. The Bertz CT molecular complexity index is 246. The molecule has 0 saturated heterocycles. The molecule has 0 bridgehead atoms. The van der Waals surface area contributed by atoms with E-state index in [1.165, 1.54) is 0 Å². The molecular weight excluding hydrogens is 216 g/mol. The van der Waals surface area contributed by atoms with Crippen LogP contribution in [0, 0.1) is 5.41 Å². The minimum Gasteiger partial charge on any atom is -0.378 e. The van der Waals surface area contributed by atoms with Crippen molar-refractivity contribution >= 4 is 18.3 Å². The van der Waals surface area contributed by atoms with Crippen molar-refractivity contribution in [1.29, 1.82) is 0 Å². The lowest BCUT2D eigenvalue weighted by Gasteiger charge is -2.59. The minimum atomic E-state index is -0.139. The molecule has 1 rings (SSSR count). The average molecular weight is 237 g/mol. The van der Waals surface area contributed by atoms with Crippen molar-refractivity contribution in [3.63, 3.8) is 0 Å². The summed E-state index contributed by atoms with van der Waals surface area (Å²) in [5.41, 5.74) is 5.07. The van der Waals surface area contributed by atoms with Gasteiger partial charge in [-0.15, -0.1) is 12.4 Å². The summed E-state index contributed by atoms with van der Waals surface area (Å²) in [7, 11) is 1.71. The molecule has 0 aliphatic heterocycles. The number of halogens is 1. The highest BCUT2D eigenvalue weighted by Gasteiger charge is 2.58. The molecule has 1 amide bonds. The summed E-state index contributed by atoms with van der Waals surface area (Å²) in [4.78, 5) is 11.1. The van der Waals surface area contributed by atoms with Crippen LogP contribution in [-0.2, 0) is 9.53 Å². The highest BCUT2D eigenvalue weighted by molar-refractivity contribution is 5.85. The monoisotopic (exact) mass is 236 g/mol. The predicted octanol–water partition coefficient (Wildman–Crippen LogP) is 0.687. The van der Waals surface area contributed by atoms with Crippen molar-refractivity contribution in [1.82, 2.24) is 5.32 Å². The van der Waals surface area contributed by atoms with Gasteiger partial charge in [0.15, 0.2) is 0 Å². The van der Waals surface area contributed by atoms with Crippen molar-refractivity contribution in [3.05, 3.63) is 0 Å². The zero-order valence-electron chi connectivity index (χ0n) is 9.79. The fourth-order valence-electron chi connectivity index (χ4n) is 1.98. The molecule has 4 nitrogen and oxygen atoms in total. The number of carbonyl (C=O) groups is 1. The van der Waals surface area contributed by atoms with E-state index in [4.69, 9.17) is 10.5 Å². The van der Waals surface area contributed by atoms with E-state index < -0.39 is 0 Å².